The van der Waals surface area contributed by atoms with Gasteiger partial charge in [0.15, 0.2) is 0 Å². The standard InChI is InChI=1S/C14H21N3O3/c1-14(18)5-7-16(8-6-14)10-11-3-4-13(17(19)20)12(9-11)15-2/h3-4,9,15,18H,5-8,10H2,1-2H3. The molecule has 0 spiro atoms. The number of aliphatic hydroxyl groups is 1. The molecule has 1 saturated heterocycles. The van der Waals surface area contributed by atoms with Crippen LogP contribution in [0.5, 0.6) is 0 Å². The van der Waals surface area contributed by atoms with E-state index in [0.717, 1.165) is 38.0 Å². The molecule has 6 nitrogen and oxygen atoms in total. The summed E-state index contributed by atoms with van der Waals surface area (Å²) in [6.07, 6.45) is 1.53. The fourth-order valence-corrected chi connectivity index (χ4v) is 2.49. The highest BCUT2D eigenvalue weighted by Crippen LogP contribution is 2.27. The van der Waals surface area contributed by atoms with Gasteiger partial charge in [-0.15, -0.1) is 0 Å². The molecule has 0 bridgehead atoms. The molecule has 2 rings (SSSR count). The quantitative estimate of drug-likeness (QED) is 0.651. The van der Waals surface area contributed by atoms with E-state index in [2.05, 4.69) is 10.2 Å². The molecule has 0 radical (unpaired) electrons. The molecule has 1 aromatic rings. The zero-order chi connectivity index (χ0) is 14.8. The second-order valence-corrected chi connectivity index (χ2v) is 5.63. The van der Waals surface area contributed by atoms with Crippen molar-refractivity contribution in [1.29, 1.82) is 0 Å². The normalized spacial score (nSPS) is 18.8. The number of anilines is 1. The van der Waals surface area contributed by atoms with Crippen LogP contribution in [0.2, 0.25) is 0 Å². The van der Waals surface area contributed by atoms with Crippen molar-refractivity contribution in [2.24, 2.45) is 0 Å². The molecule has 0 atom stereocenters. The summed E-state index contributed by atoms with van der Waals surface area (Å²) < 4.78 is 0. The van der Waals surface area contributed by atoms with E-state index in [1.54, 1.807) is 19.2 Å². The van der Waals surface area contributed by atoms with Crippen molar-refractivity contribution in [2.75, 3.05) is 25.5 Å². The number of nitro groups is 1. The average Bonchev–Trinajstić information content (AvgIpc) is 2.40. The van der Waals surface area contributed by atoms with Gasteiger partial charge in [0, 0.05) is 32.7 Å². The van der Waals surface area contributed by atoms with Gasteiger partial charge in [0.2, 0.25) is 0 Å². The van der Waals surface area contributed by atoms with Gasteiger partial charge in [-0.2, -0.15) is 0 Å². The first-order valence-electron chi connectivity index (χ1n) is 6.81. The Balaban J connectivity index is 2.05. The minimum atomic E-state index is -0.553. The highest BCUT2D eigenvalue weighted by molar-refractivity contribution is 5.62. The summed E-state index contributed by atoms with van der Waals surface area (Å²) in [6, 6.07) is 5.16. The van der Waals surface area contributed by atoms with E-state index in [0.29, 0.717) is 5.69 Å². The number of nitrogens with zero attached hydrogens (tertiary/aromatic N) is 2. The molecule has 0 amide bonds. The summed E-state index contributed by atoms with van der Waals surface area (Å²) in [6.45, 7) is 4.32. The van der Waals surface area contributed by atoms with E-state index in [-0.39, 0.29) is 10.6 Å². The van der Waals surface area contributed by atoms with Crippen LogP contribution in [-0.2, 0) is 6.54 Å². The zero-order valence-corrected chi connectivity index (χ0v) is 11.9. The van der Waals surface area contributed by atoms with Crippen LogP contribution in [0.3, 0.4) is 0 Å². The minimum Gasteiger partial charge on any atom is -0.390 e. The Morgan fingerprint density at radius 3 is 2.65 bits per heavy atom. The predicted octanol–water partition coefficient (Wildman–Crippen LogP) is 1.98. The molecular formula is C14H21N3O3. The van der Waals surface area contributed by atoms with Gasteiger partial charge < -0.3 is 10.4 Å². The third-order valence-corrected chi connectivity index (χ3v) is 3.87. The molecule has 1 aliphatic heterocycles. The Hall–Kier alpha value is -1.66. The molecule has 1 aromatic carbocycles. The number of likely N-dealkylation sites (tertiary alicyclic amines) is 1. The largest absolute Gasteiger partial charge is 0.390 e. The monoisotopic (exact) mass is 279 g/mol. The maximum atomic E-state index is 10.9. The Bertz CT molecular complexity index is 492. The number of nitrogens with one attached hydrogen (secondary N) is 1. The lowest BCUT2D eigenvalue weighted by atomic mass is 9.93. The second-order valence-electron chi connectivity index (χ2n) is 5.63. The van der Waals surface area contributed by atoms with Crippen molar-refractivity contribution in [1.82, 2.24) is 4.90 Å². The van der Waals surface area contributed by atoms with Crippen molar-refractivity contribution in [3.8, 4) is 0 Å². The lowest BCUT2D eigenvalue weighted by Crippen LogP contribution is -2.41. The molecule has 1 heterocycles. The van der Waals surface area contributed by atoms with Crippen LogP contribution in [0, 0.1) is 10.1 Å². The van der Waals surface area contributed by atoms with Crippen LogP contribution >= 0.6 is 0 Å². The number of piperidine rings is 1. The molecule has 0 aliphatic carbocycles. The van der Waals surface area contributed by atoms with Gasteiger partial charge in [-0.3, -0.25) is 15.0 Å². The van der Waals surface area contributed by atoms with Crippen LogP contribution in [0.4, 0.5) is 11.4 Å². The smallest absolute Gasteiger partial charge is 0.292 e. The zero-order valence-electron chi connectivity index (χ0n) is 11.9. The fraction of sp³-hybridized carbons (Fsp3) is 0.571. The number of hydrogen-bond acceptors (Lipinski definition) is 5. The van der Waals surface area contributed by atoms with E-state index < -0.39 is 5.60 Å². The molecule has 0 aromatic heterocycles. The Labute approximate surface area is 118 Å². The molecule has 1 fully saturated rings. The van der Waals surface area contributed by atoms with Gasteiger partial charge in [0.1, 0.15) is 5.69 Å². The third-order valence-electron chi connectivity index (χ3n) is 3.87. The van der Waals surface area contributed by atoms with E-state index in [1.807, 2.05) is 13.0 Å². The van der Waals surface area contributed by atoms with Crippen molar-refractivity contribution >= 4 is 11.4 Å². The van der Waals surface area contributed by atoms with Gasteiger partial charge in [-0.05, 0) is 31.4 Å². The molecule has 2 N–H and O–H groups in total. The van der Waals surface area contributed by atoms with Crippen molar-refractivity contribution < 1.29 is 10.0 Å². The van der Waals surface area contributed by atoms with E-state index in [4.69, 9.17) is 0 Å². The third kappa shape index (κ3) is 3.46. The van der Waals surface area contributed by atoms with Crippen LogP contribution in [-0.4, -0.2) is 40.7 Å². The van der Waals surface area contributed by atoms with Crippen LogP contribution in [0.15, 0.2) is 18.2 Å². The van der Waals surface area contributed by atoms with Crippen molar-refractivity contribution in [3.63, 3.8) is 0 Å². The first kappa shape index (κ1) is 14.7. The van der Waals surface area contributed by atoms with Crippen LogP contribution in [0.1, 0.15) is 25.3 Å². The summed E-state index contributed by atoms with van der Waals surface area (Å²) in [5.41, 5.74) is 1.12. The van der Waals surface area contributed by atoms with Gasteiger partial charge in [-0.25, -0.2) is 0 Å². The second kappa shape index (κ2) is 5.76. The maximum Gasteiger partial charge on any atom is 0.292 e. The average molecular weight is 279 g/mol. The molecule has 0 saturated carbocycles. The first-order valence-corrected chi connectivity index (χ1v) is 6.81. The summed E-state index contributed by atoms with van der Waals surface area (Å²) >= 11 is 0. The van der Waals surface area contributed by atoms with Crippen LogP contribution < -0.4 is 5.32 Å². The lowest BCUT2D eigenvalue weighted by molar-refractivity contribution is -0.384. The number of nitro benzene ring substituents is 1. The van der Waals surface area contributed by atoms with Crippen LogP contribution in [0.25, 0.3) is 0 Å². The Morgan fingerprint density at radius 2 is 2.10 bits per heavy atom. The summed E-state index contributed by atoms with van der Waals surface area (Å²) in [5.74, 6) is 0. The highest BCUT2D eigenvalue weighted by atomic mass is 16.6. The van der Waals surface area contributed by atoms with E-state index >= 15 is 0 Å². The Kier molecular flexibility index (Phi) is 4.25. The van der Waals surface area contributed by atoms with Gasteiger partial charge in [0.05, 0.1) is 10.5 Å². The minimum absolute atomic E-state index is 0.0952. The van der Waals surface area contributed by atoms with E-state index in [1.165, 1.54) is 0 Å². The summed E-state index contributed by atoms with van der Waals surface area (Å²) in [7, 11) is 1.68. The maximum absolute atomic E-state index is 10.9. The topological polar surface area (TPSA) is 78.6 Å². The van der Waals surface area contributed by atoms with Gasteiger partial charge >= 0.3 is 0 Å². The molecule has 20 heavy (non-hydrogen) atoms. The number of rotatable bonds is 4. The molecular weight excluding hydrogens is 258 g/mol. The van der Waals surface area contributed by atoms with Gasteiger partial charge in [0.25, 0.3) is 5.69 Å². The molecule has 0 unspecified atom stereocenters. The SMILES string of the molecule is CNc1cc(CN2CCC(C)(O)CC2)ccc1[N+](=O)[O-]. The molecule has 110 valence electrons. The number of hydrogen-bond donors (Lipinski definition) is 2. The summed E-state index contributed by atoms with van der Waals surface area (Å²) in [4.78, 5) is 12.8. The van der Waals surface area contributed by atoms with Crippen molar-refractivity contribution in [2.45, 2.75) is 31.9 Å². The van der Waals surface area contributed by atoms with E-state index in [9.17, 15) is 15.2 Å². The first-order chi connectivity index (χ1) is 9.41. The molecule has 1 aliphatic rings. The number of benzene rings is 1. The highest BCUT2D eigenvalue weighted by Gasteiger charge is 2.27. The summed E-state index contributed by atoms with van der Waals surface area (Å²) in [5, 5.41) is 23.7. The molecule has 6 heteroatoms. The van der Waals surface area contributed by atoms with Crippen molar-refractivity contribution in [3.05, 3.63) is 33.9 Å². The Morgan fingerprint density at radius 1 is 1.45 bits per heavy atom. The lowest BCUT2D eigenvalue weighted by Gasteiger charge is -2.35. The fourth-order valence-electron chi connectivity index (χ4n) is 2.49. The van der Waals surface area contributed by atoms with Gasteiger partial charge in [-0.1, -0.05) is 6.07 Å². The predicted molar refractivity (Wildman–Crippen MR) is 77.8 cm³/mol.